The minimum absolute atomic E-state index is 2.58. The largest absolute Gasteiger partial charge is 0.414 e. The van der Waals surface area contributed by atoms with Crippen LogP contribution in [0.4, 0.5) is 61.5 Å². The van der Waals surface area contributed by atoms with Crippen LogP contribution in [0.5, 0.6) is 0 Å². The van der Waals surface area contributed by atoms with Crippen LogP contribution >= 0.6 is 0 Å². The fourth-order valence-electron chi connectivity index (χ4n) is 1.91. The number of alkyl halides is 4. The molecule has 0 spiro atoms. The quantitative estimate of drug-likeness (QED) is 0.182. The zero-order valence-corrected chi connectivity index (χ0v) is 13.1. The van der Waals surface area contributed by atoms with E-state index in [-0.39, 0.29) is 0 Å². The Kier molecular flexibility index (Phi) is 5.97. The Labute approximate surface area is 154 Å². The van der Waals surface area contributed by atoms with Crippen LogP contribution in [0.2, 0.25) is 0 Å². The maximum absolute atomic E-state index is 13.6. The van der Waals surface area contributed by atoms with Crippen LogP contribution in [0.3, 0.4) is 0 Å². The van der Waals surface area contributed by atoms with Crippen LogP contribution in [0, 0.1) is 58.2 Å². The first-order chi connectivity index (χ1) is 13.6. The third-order valence-electron chi connectivity index (χ3n) is 3.25. The Bertz CT molecular complexity index is 879. The van der Waals surface area contributed by atoms with E-state index in [1.54, 1.807) is 0 Å². The summed E-state index contributed by atoms with van der Waals surface area (Å²) in [5, 5.41) is 0. The normalized spacial score (nSPS) is 12.6. The van der Waals surface area contributed by atoms with E-state index in [0.29, 0.717) is 0 Å². The van der Waals surface area contributed by atoms with Crippen LogP contribution < -0.4 is 0 Å². The molecule has 0 unspecified atom stereocenters. The summed E-state index contributed by atoms with van der Waals surface area (Å²) in [5.74, 6) is -30.7. The number of hydrogen-bond donors (Lipinski definition) is 0. The molecule has 0 heterocycles. The van der Waals surface area contributed by atoms with Gasteiger partial charge in [-0.1, -0.05) is 0 Å². The molecule has 2 aromatic rings. The highest BCUT2D eigenvalue weighted by Crippen LogP contribution is 2.42. The van der Waals surface area contributed by atoms with Gasteiger partial charge in [-0.25, -0.2) is 43.9 Å². The Morgan fingerprint density at radius 1 is 0.333 bits per heavy atom. The van der Waals surface area contributed by atoms with E-state index in [9.17, 15) is 61.5 Å². The van der Waals surface area contributed by atoms with E-state index in [4.69, 9.17) is 0 Å². The van der Waals surface area contributed by atoms with Crippen molar-refractivity contribution in [3.05, 3.63) is 69.3 Å². The van der Waals surface area contributed by atoms with Gasteiger partial charge in [0.25, 0.3) is 0 Å². The average molecular weight is 466 g/mol. The van der Waals surface area contributed by atoms with Gasteiger partial charge in [-0.05, 0) is 0 Å². The first-order valence-corrected chi connectivity index (χ1v) is 6.72. The summed E-state index contributed by atoms with van der Waals surface area (Å²) in [6, 6.07) is 0. The molecule has 0 aliphatic rings. The summed E-state index contributed by atoms with van der Waals surface area (Å²) >= 11 is 0. The molecule has 0 aliphatic carbocycles. The molecule has 16 heteroatoms. The number of benzene rings is 2. The summed E-state index contributed by atoms with van der Waals surface area (Å²) in [7, 11) is 0. The van der Waals surface area contributed by atoms with Gasteiger partial charge in [0.2, 0.25) is 11.6 Å². The van der Waals surface area contributed by atoms with Crippen molar-refractivity contribution >= 4 is 0 Å². The molecule has 0 amide bonds. The third kappa shape index (κ3) is 3.64. The monoisotopic (exact) mass is 466 g/mol. The maximum Gasteiger partial charge on any atom is 0.414 e. The molecule has 0 atom stereocenters. The molecule has 0 saturated carbocycles. The summed E-state index contributed by atoms with van der Waals surface area (Å²) in [4.78, 5) is 5.15. The topological polar surface area (TPSA) is 18.5 Å². The average Bonchev–Trinajstić information content (AvgIpc) is 2.66. The predicted octanol–water partition coefficient (Wildman–Crippen LogP) is 5.82. The van der Waals surface area contributed by atoms with Gasteiger partial charge < -0.3 is 0 Å². The van der Waals surface area contributed by atoms with Crippen LogP contribution in [0.1, 0.15) is 11.1 Å². The highest BCUT2D eigenvalue weighted by Gasteiger charge is 2.51. The summed E-state index contributed by atoms with van der Waals surface area (Å²) in [6.07, 6.45) is -11.9. The molecule has 0 saturated heterocycles. The second-order valence-corrected chi connectivity index (χ2v) is 5.09. The van der Waals surface area contributed by atoms with Crippen LogP contribution in [-0.4, -0.2) is 0 Å². The van der Waals surface area contributed by atoms with E-state index in [1.165, 1.54) is 0 Å². The van der Waals surface area contributed by atoms with Gasteiger partial charge >= 0.3 is 12.2 Å². The standard InChI is InChI=1S/C14F14O2/c15-3-1(4(16)8(20)11(23)7(3)19)13(25,26)29-30-14(27,28)2-5(17)9(21)12(24)10(22)6(2)18. The highest BCUT2D eigenvalue weighted by atomic mass is 19.3. The SMILES string of the molecule is Fc1c(F)c(F)c(C(F)(F)OOC(F)(F)c2c(F)c(F)c(F)c(F)c2F)c(F)c1F. The Hall–Kier alpha value is -2.62. The molecule has 30 heavy (non-hydrogen) atoms. The van der Waals surface area contributed by atoms with Crippen molar-refractivity contribution < 1.29 is 71.2 Å². The van der Waals surface area contributed by atoms with Crippen LogP contribution in [0.25, 0.3) is 0 Å². The Morgan fingerprint density at radius 3 is 0.700 bits per heavy atom. The molecule has 2 nitrogen and oxygen atoms in total. The van der Waals surface area contributed by atoms with Crippen LogP contribution in [0.15, 0.2) is 0 Å². The van der Waals surface area contributed by atoms with Gasteiger partial charge in [0, 0.05) is 0 Å². The molecule has 0 fully saturated rings. The second-order valence-electron chi connectivity index (χ2n) is 5.09. The van der Waals surface area contributed by atoms with Gasteiger partial charge in [-0.2, -0.15) is 27.3 Å². The fraction of sp³-hybridized carbons (Fsp3) is 0.143. The van der Waals surface area contributed by atoms with Gasteiger partial charge in [-0.3, -0.25) is 0 Å². The summed E-state index contributed by atoms with van der Waals surface area (Å²) < 4.78 is 185. The summed E-state index contributed by atoms with van der Waals surface area (Å²) in [5.41, 5.74) is -6.32. The molecule has 0 bridgehead atoms. The van der Waals surface area contributed by atoms with E-state index in [2.05, 4.69) is 9.78 Å². The molecule has 0 aromatic heterocycles. The highest BCUT2D eigenvalue weighted by molar-refractivity contribution is 5.27. The lowest BCUT2D eigenvalue weighted by molar-refractivity contribution is -0.533. The lowest BCUT2D eigenvalue weighted by Gasteiger charge is -2.22. The number of hydrogen-bond acceptors (Lipinski definition) is 2. The lowest BCUT2D eigenvalue weighted by Crippen LogP contribution is -2.31. The zero-order chi connectivity index (χ0) is 23.3. The zero-order valence-electron chi connectivity index (χ0n) is 13.1. The van der Waals surface area contributed by atoms with Crippen molar-refractivity contribution in [3.63, 3.8) is 0 Å². The second kappa shape index (κ2) is 7.57. The Balaban J connectivity index is 2.49. The minimum atomic E-state index is -5.95. The van der Waals surface area contributed by atoms with Crippen molar-refractivity contribution in [2.45, 2.75) is 12.2 Å². The van der Waals surface area contributed by atoms with Crippen molar-refractivity contribution in [2.24, 2.45) is 0 Å². The van der Waals surface area contributed by atoms with Gasteiger partial charge in [0.05, 0.1) is 0 Å². The van der Waals surface area contributed by atoms with E-state index in [0.717, 1.165) is 0 Å². The molecule has 2 aromatic carbocycles. The molecular formula is C14F14O2. The molecule has 2 rings (SSSR count). The Morgan fingerprint density at radius 2 is 0.500 bits per heavy atom. The molecule has 0 aliphatic heterocycles. The maximum atomic E-state index is 13.6. The fourth-order valence-corrected chi connectivity index (χ4v) is 1.91. The van der Waals surface area contributed by atoms with Crippen molar-refractivity contribution in [1.82, 2.24) is 0 Å². The van der Waals surface area contributed by atoms with Crippen molar-refractivity contribution in [2.75, 3.05) is 0 Å². The first-order valence-electron chi connectivity index (χ1n) is 6.72. The lowest BCUT2D eigenvalue weighted by atomic mass is 10.1. The smallest absolute Gasteiger partial charge is 0.203 e. The van der Waals surface area contributed by atoms with E-state index in [1.807, 2.05) is 0 Å². The van der Waals surface area contributed by atoms with Crippen molar-refractivity contribution in [1.29, 1.82) is 0 Å². The first kappa shape index (κ1) is 23.7. The number of rotatable bonds is 5. The van der Waals surface area contributed by atoms with Gasteiger partial charge in [0.1, 0.15) is 11.1 Å². The molecule has 0 N–H and O–H groups in total. The third-order valence-corrected chi connectivity index (χ3v) is 3.25. The molecular weight excluding hydrogens is 466 g/mol. The van der Waals surface area contributed by atoms with E-state index < -0.39 is 81.5 Å². The van der Waals surface area contributed by atoms with Crippen LogP contribution in [-0.2, 0) is 22.0 Å². The molecule has 166 valence electrons. The summed E-state index contributed by atoms with van der Waals surface area (Å²) in [6.45, 7) is 0. The van der Waals surface area contributed by atoms with Gasteiger partial charge in [-0.15, -0.1) is 0 Å². The van der Waals surface area contributed by atoms with Gasteiger partial charge in [0.15, 0.2) is 46.5 Å². The minimum Gasteiger partial charge on any atom is -0.203 e. The van der Waals surface area contributed by atoms with Crippen molar-refractivity contribution in [3.8, 4) is 0 Å². The number of halogens is 14. The molecule has 0 radical (unpaired) electrons. The predicted molar refractivity (Wildman–Crippen MR) is 62.4 cm³/mol. The van der Waals surface area contributed by atoms with E-state index >= 15 is 0 Å².